The van der Waals surface area contributed by atoms with Gasteiger partial charge in [0.25, 0.3) is 17.7 Å². The fraction of sp³-hybridized carbons (Fsp3) is 0.208. The molecule has 2 aliphatic heterocycles. The summed E-state index contributed by atoms with van der Waals surface area (Å²) in [5, 5.41) is 4.84. The summed E-state index contributed by atoms with van der Waals surface area (Å²) < 4.78 is 1.75. The van der Waals surface area contributed by atoms with E-state index >= 15 is 0 Å². The van der Waals surface area contributed by atoms with E-state index in [9.17, 15) is 24.0 Å². The Morgan fingerprint density at radius 1 is 1.14 bits per heavy atom. The number of rotatable bonds is 3. The molecule has 2 N–H and O–H groups in total. The molecule has 5 amide bonds. The van der Waals surface area contributed by atoms with E-state index in [0.717, 1.165) is 4.90 Å². The number of benzene rings is 1. The maximum Gasteiger partial charge on any atom is 0.262 e. The maximum absolute atomic E-state index is 12.9. The van der Waals surface area contributed by atoms with Gasteiger partial charge in [0, 0.05) is 25.2 Å². The quantitative estimate of drug-likeness (QED) is 0.410. The van der Waals surface area contributed by atoms with Gasteiger partial charge in [-0.15, -0.1) is 0 Å². The number of carbonyl (C=O) groups is 5. The highest BCUT2D eigenvalue weighted by atomic mass is 16.2. The largest absolute Gasteiger partial charge is 0.341 e. The number of nitrogens with zero attached hydrogens (tertiary/aromatic N) is 4. The molecule has 1 aromatic carbocycles. The summed E-state index contributed by atoms with van der Waals surface area (Å²) in [6, 6.07) is 5.17. The molecule has 1 atom stereocenters. The van der Waals surface area contributed by atoms with Crippen molar-refractivity contribution in [1.29, 1.82) is 0 Å². The van der Waals surface area contributed by atoms with Crippen LogP contribution in [0.25, 0.3) is 11.2 Å². The van der Waals surface area contributed by atoms with Gasteiger partial charge in [-0.25, -0.2) is 9.97 Å². The van der Waals surface area contributed by atoms with Crippen LogP contribution in [0.1, 0.15) is 49.5 Å². The molecule has 2 aromatic heterocycles. The molecule has 2 aliphatic rings. The smallest absolute Gasteiger partial charge is 0.262 e. The number of amides is 5. The Balaban J connectivity index is 1.26. The fourth-order valence-corrected chi connectivity index (χ4v) is 4.06. The van der Waals surface area contributed by atoms with Gasteiger partial charge in [0.15, 0.2) is 5.65 Å². The van der Waals surface area contributed by atoms with Crippen molar-refractivity contribution in [2.24, 2.45) is 7.05 Å². The van der Waals surface area contributed by atoms with Crippen molar-refractivity contribution >= 4 is 40.7 Å². The van der Waals surface area contributed by atoms with Crippen molar-refractivity contribution in [3.8, 4) is 11.8 Å². The lowest BCUT2D eigenvalue weighted by atomic mass is 10.0. The summed E-state index contributed by atoms with van der Waals surface area (Å²) in [4.78, 5) is 70.9. The molecule has 0 spiro atoms. The van der Waals surface area contributed by atoms with Crippen LogP contribution in [-0.4, -0.2) is 61.6 Å². The number of hydrogen-bond donors (Lipinski definition) is 2. The number of piperidine rings is 1. The van der Waals surface area contributed by atoms with Crippen LogP contribution in [0.15, 0.2) is 36.8 Å². The zero-order chi connectivity index (χ0) is 24.7. The van der Waals surface area contributed by atoms with Crippen molar-refractivity contribution in [2.75, 3.05) is 6.54 Å². The highest BCUT2D eigenvalue weighted by Gasteiger charge is 2.44. The lowest BCUT2D eigenvalue weighted by Crippen LogP contribution is -2.54. The van der Waals surface area contributed by atoms with Crippen molar-refractivity contribution in [3.63, 3.8) is 0 Å². The van der Waals surface area contributed by atoms with Gasteiger partial charge in [0.1, 0.15) is 11.6 Å². The molecule has 0 bridgehead atoms. The number of hydrogen-bond acceptors (Lipinski definition) is 7. The third kappa shape index (κ3) is 3.91. The molecule has 0 saturated carbocycles. The molecule has 3 aromatic rings. The monoisotopic (exact) mass is 470 g/mol. The van der Waals surface area contributed by atoms with Crippen LogP contribution in [0.2, 0.25) is 0 Å². The Hall–Kier alpha value is -4.85. The number of fused-ring (bicyclic) bond motifs is 2. The van der Waals surface area contributed by atoms with E-state index in [1.54, 1.807) is 23.0 Å². The molecule has 1 saturated heterocycles. The molecular formula is C24H18N6O5. The molecule has 5 rings (SSSR count). The molecule has 0 aliphatic carbocycles. The molecule has 35 heavy (non-hydrogen) atoms. The zero-order valence-corrected chi connectivity index (χ0v) is 18.5. The van der Waals surface area contributed by atoms with Gasteiger partial charge in [-0.3, -0.25) is 34.2 Å². The molecule has 0 radical (unpaired) electrons. The highest BCUT2D eigenvalue weighted by molar-refractivity contribution is 6.23. The summed E-state index contributed by atoms with van der Waals surface area (Å²) in [6.07, 6.45) is 3.22. The zero-order valence-electron chi connectivity index (χ0n) is 18.5. The first-order chi connectivity index (χ1) is 16.8. The maximum atomic E-state index is 12.9. The molecule has 174 valence electrons. The van der Waals surface area contributed by atoms with Crippen LogP contribution in [-0.2, 0) is 16.6 Å². The third-order valence-electron chi connectivity index (χ3n) is 5.82. The number of imidazole rings is 1. The minimum absolute atomic E-state index is 0.0471. The molecule has 11 heteroatoms. The first-order valence-electron chi connectivity index (χ1n) is 10.7. The highest BCUT2D eigenvalue weighted by Crippen LogP contribution is 2.28. The lowest BCUT2D eigenvalue weighted by Gasteiger charge is -2.27. The Morgan fingerprint density at radius 2 is 1.94 bits per heavy atom. The first kappa shape index (κ1) is 22.0. The normalized spacial score (nSPS) is 17.2. The van der Waals surface area contributed by atoms with Crippen molar-refractivity contribution in [1.82, 2.24) is 30.1 Å². The van der Waals surface area contributed by atoms with Gasteiger partial charge >= 0.3 is 0 Å². The summed E-state index contributed by atoms with van der Waals surface area (Å²) in [6.45, 7) is 0.0471. The molecule has 4 heterocycles. The van der Waals surface area contributed by atoms with Crippen molar-refractivity contribution in [2.45, 2.75) is 18.9 Å². The van der Waals surface area contributed by atoms with Crippen molar-refractivity contribution in [3.05, 3.63) is 59.0 Å². The van der Waals surface area contributed by atoms with Crippen LogP contribution in [0.3, 0.4) is 0 Å². The van der Waals surface area contributed by atoms with Gasteiger partial charge in [0.05, 0.1) is 29.6 Å². The number of imide groups is 2. The second-order valence-electron chi connectivity index (χ2n) is 8.11. The summed E-state index contributed by atoms with van der Waals surface area (Å²) >= 11 is 0. The number of aryl methyl sites for hydroxylation is 1. The standard InChI is InChI=1S/C24H18N6O5/c1-29-12-27-17-10-14(11-26-20(17)29)21(32)25-8-2-3-13-4-5-15-16(9-13)24(35)30(23(15)34)18-6-7-19(31)28-22(18)33/h4-5,9-12,18H,6-8H2,1H3,(H,25,32)(H,28,31,33). The fourth-order valence-electron chi connectivity index (χ4n) is 4.06. The van der Waals surface area contributed by atoms with Crippen LogP contribution in [0.4, 0.5) is 0 Å². The Kier molecular flexibility index (Phi) is 5.33. The van der Waals surface area contributed by atoms with E-state index in [0.29, 0.717) is 22.3 Å². The van der Waals surface area contributed by atoms with Gasteiger partial charge in [-0.2, -0.15) is 0 Å². The third-order valence-corrected chi connectivity index (χ3v) is 5.82. The summed E-state index contributed by atoms with van der Waals surface area (Å²) in [5.74, 6) is 3.04. The summed E-state index contributed by atoms with van der Waals surface area (Å²) in [5.41, 5.74) is 2.42. The predicted molar refractivity (Wildman–Crippen MR) is 121 cm³/mol. The Morgan fingerprint density at radius 3 is 2.74 bits per heavy atom. The Labute approximate surface area is 198 Å². The van der Waals surface area contributed by atoms with Gasteiger partial charge in [-0.1, -0.05) is 11.8 Å². The van der Waals surface area contributed by atoms with E-state index in [4.69, 9.17) is 0 Å². The molecule has 1 fully saturated rings. The van der Waals surface area contributed by atoms with E-state index in [1.165, 1.54) is 18.3 Å². The van der Waals surface area contributed by atoms with E-state index in [2.05, 4.69) is 32.4 Å². The number of pyridine rings is 1. The number of nitrogens with one attached hydrogen (secondary N) is 2. The van der Waals surface area contributed by atoms with Crippen molar-refractivity contribution < 1.29 is 24.0 Å². The van der Waals surface area contributed by atoms with E-state index in [1.807, 2.05) is 7.05 Å². The SMILES string of the molecule is Cn1cnc2cc(C(=O)NCC#Cc3ccc4c(c3)C(=O)N(C3CCC(=O)NC3=O)C4=O)cnc21. The molecular weight excluding hydrogens is 452 g/mol. The van der Waals surface area contributed by atoms with Gasteiger partial charge in [0.2, 0.25) is 11.8 Å². The summed E-state index contributed by atoms with van der Waals surface area (Å²) in [7, 11) is 1.81. The minimum Gasteiger partial charge on any atom is -0.341 e. The van der Waals surface area contributed by atoms with E-state index in [-0.39, 0.29) is 36.4 Å². The van der Waals surface area contributed by atoms with Crippen LogP contribution < -0.4 is 10.6 Å². The van der Waals surface area contributed by atoms with Crippen LogP contribution >= 0.6 is 0 Å². The molecule has 11 nitrogen and oxygen atoms in total. The Bertz CT molecular complexity index is 1510. The predicted octanol–water partition coefficient (Wildman–Crippen LogP) is 0.151. The van der Waals surface area contributed by atoms with Crippen LogP contribution in [0.5, 0.6) is 0 Å². The van der Waals surface area contributed by atoms with Crippen LogP contribution in [0, 0.1) is 11.8 Å². The van der Waals surface area contributed by atoms with Gasteiger partial charge in [-0.05, 0) is 30.7 Å². The second-order valence-corrected chi connectivity index (χ2v) is 8.11. The van der Waals surface area contributed by atoms with Gasteiger partial charge < -0.3 is 9.88 Å². The molecule has 1 unspecified atom stereocenters. The topological polar surface area (TPSA) is 143 Å². The minimum atomic E-state index is -1.02. The first-order valence-corrected chi connectivity index (χ1v) is 10.7. The second kappa shape index (κ2) is 8.49. The average molecular weight is 470 g/mol. The average Bonchev–Trinajstić information content (AvgIpc) is 3.33. The number of carbonyl (C=O) groups excluding carboxylic acids is 5. The van der Waals surface area contributed by atoms with E-state index < -0.39 is 29.7 Å². The number of aromatic nitrogens is 3. The lowest BCUT2D eigenvalue weighted by molar-refractivity contribution is -0.136.